The monoisotopic (exact) mass is 1010 g/mol. The zero-order chi connectivity index (χ0) is 50.8. The average molecular weight is 1020 g/mol. The lowest BCUT2D eigenvalue weighted by atomic mass is 9.85. The normalized spacial score (nSPS) is 23.1. The van der Waals surface area contributed by atoms with Gasteiger partial charge in [-0.3, -0.25) is 23.2 Å². The SMILES string of the molecule is CCCCCCCCCCCCCCCCCC(=O)O[C@H](COC(=O)CCC[C@@H](O)[C@H](O)/C=C/C=C/C=C\C=C\[C@H](O)CCCCC)COP(=O)(O)O[C@H]1C(O)C(O)C(O)[C@@H](OP(=O)(O)O)C1O. The van der Waals surface area contributed by atoms with Crippen molar-refractivity contribution >= 4 is 27.6 Å². The molecule has 0 heterocycles. The van der Waals surface area contributed by atoms with Crippen LogP contribution in [-0.2, 0) is 41.8 Å². The van der Waals surface area contributed by atoms with Crippen molar-refractivity contribution in [2.24, 2.45) is 0 Å². The van der Waals surface area contributed by atoms with Gasteiger partial charge in [0.15, 0.2) is 6.10 Å². The van der Waals surface area contributed by atoms with Crippen LogP contribution in [-0.4, -0.2) is 137 Å². The van der Waals surface area contributed by atoms with Crippen LogP contribution >= 0.6 is 15.6 Å². The first-order valence-corrected chi connectivity index (χ1v) is 27.5. The predicted octanol–water partition coefficient (Wildman–Crippen LogP) is 6.20. The second kappa shape index (κ2) is 37.6. The molecule has 0 aliphatic heterocycles. The molecule has 19 nitrogen and oxygen atoms in total. The summed E-state index contributed by atoms with van der Waals surface area (Å²) in [6.07, 6.45) is 15.5. The largest absolute Gasteiger partial charge is 0.472 e. The van der Waals surface area contributed by atoms with E-state index in [0.717, 1.165) is 51.4 Å². The van der Waals surface area contributed by atoms with Gasteiger partial charge in [0.2, 0.25) is 0 Å². The number of allylic oxidation sites excluding steroid dienone is 6. The molecular formula is C47H84O19P2. The van der Waals surface area contributed by atoms with E-state index in [1.54, 1.807) is 42.5 Å². The number of esters is 2. The van der Waals surface area contributed by atoms with Crippen LogP contribution in [0.1, 0.15) is 162 Å². The van der Waals surface area contributed by atoms with E-state index in [4.69, 9.17) is 18.5 Å². The molecule has 10 N–H and O–H groups in total. The summed E-state index contributed by atoms with van der Waals surface area (Å²) in [5.74, 6) is -1.53. The molecule has 0 aromatic rings. The van der Waals surface area contributed by atoms with Gasteiger partial charge in [0.05, 0.1) is 24.9 Å². The van der Waals surface area contributed by atoms with Crippen molar-refractivity contribution in [1.29, 1.82) is 0 Å². The molecule has 0 radical (unpaired) electrons. The third-order valence-electron chi connectivity index (χ3n) is 11.3. The van der Waals surface area contributed by atoms with Gasteiger partial charge in [-0.15, -0.1) is 0 Å². The Morgan fingerprint density at radius 1 is 0.529 bits per heavy atom. The molecule has 0 aromatic heterocycles. The van der Waals surface area contributed by atoms with Crippen molar-refractivity contribution < 1.29 is 92.2 Å². The quantitative estimate of drug-likeness (QED) is 0.0141. The third-order valence-corrected chi connectivity index (χ3v) is 12.8. The first-order valence-electron chi connectivity index (χ1n) is 24.5. The molecule has 1 rings (SSSR count). The van der Waals surface area contributed by atoms with Gasteiger partial charge in [-0.05, 0) is 25.7 Å². The van der Waals surface area contributed by atoms with E-state index in [0.29, 0.717) is 12.8 Å². The van der Waals surface area contributed by atoms with E-state index >= 15 is 0 Å². The van der Waals surface area contributed by atoms with E-state index in [-0.39, 0.29) is 25.7 Å². The third kappa shape index (κ3) is 31.2. The molecule has 21 heteroatoms. The van der Waals surface area contributed by atoms with Crippen molar-refractivity contribution in [2.75, 3.05) is 13.2 Å². The minimum absolute atomic E-state index is 0.00602. The topological polar surface area (TPSA) is 317 Å². The lowest BCUT2D eigenvalue weighted by Crippen LogP contribution is -2.64. The predicted molar refractivity (Wildman–Crippen MR) is 255 cm³/mol. The maximum Gasteiger partial charge on any atom is 0.472 e. The second-order valence-corrected chi connectivity index (χ2v) is 20.0. The van der Waals surface area contributed by atoms with Crippen LogP contribution in [0.4, 0.5) is 0 Å². The molecule has 5 unspecified atom stereocenters. The Balaban J connectivity index is 2.72. The van der Waals surface area contributed by atoms with Crippen molar-refractivity contribution in [3.05, 3.63) is 48.6 Å². The molecule has 396 valence electrons. The van der Waals surface area contributed by atoms with Gasteiger partial charge in [0.25, 0.3) is 0 Å². The number of rotatable bonds is 40. The summed E-state index contributed by atoms with van der Waals surface area (Å²) in [6, 6.07) is 0. The Bertz CT molecular complexity index is 1550. The molecule has 68 heavy (non-hydrogen) atoms. The number of phosphoric acid groups is 2. The molecule has 0 saturated heterocycles. The van der Waals surface area contributed by atoms with Crippen LogP contribution in [0.3, 0.4) is 0 Å². The Morgan fingerprint density at radius 3 is 1.54 bits per heavy atom. The lowest BCUT2D eigenvalue weighted by molar-refractivity contribution is -0.216. The zero-order valence-corrected chi connectivity index (χ0v) is 41.9. The molecule has 11 atom stereocenters. The van der Waals surface area contributed by atoms with Gasteiger partial charge in [-0.2, -0.15) is 0 Å². The van der Waals surface area contributed by atoms with E-state index < -0.39 is 102 Å². The maximum absolute atomic E-state index is 13.0. The number of unbranched alkanes of at least 4 members (excludes halogenated alkanes) is 16. The second-order valence-electron chi connectivity index (χ2n) is 17.4. The first kappa shape index (κ1) is 63.9. The van der Waals surface area contributed by atoms with Gasteiger partial charge >= 0.3 is 27.6 Å². The molecule has 0 aromatic carbocycles. The van der Waals surface area contributed by atoms with Crippen LogP contribution in [0.25, 0.3) is 0 Å². The number of aliphatic hydroxyl groups excluding tert-OH is 7. The fraction of sp³-hybridized carbons (Fsp3) is 0.787. The summed E-state index contributed by atoms with van der Waals surface area (Å²) < 4.78 is 49.2. The fourth-order valence-electron chi connectivity index (χ4n) is 7.29. The number of carbonyl (C=O) groups is 2. The minimum atomic E-state index is -5.40. The summed E-state index contributed by atoms with van der Waals surface area (Å²) in [6.45, 7) is 2.72. The standard InChI is InChI=1S/C47H84O19P2/c1-3-5-7-8-9-10-11-12-13-14-15-16-17-22-26-32-41(52)64-37(35-63-68(60,61)66-47-44(55)42(53)43(54)46(45(47)56)65-67(57,58)59)34-62-40(51)33-27-31-39(50)38(49)30-25-21-19-18-20-24-29-36(48)28-23-6-4-2/h18-21,24-25,29-30,36-39,42-50,53-56H,3-17,22-23,26-28,31-35H2,1-2H3,(H,60,61)(H2,57,58,59)/b20-18-,21-19+,29-24+,30-25+/t36-,37-,38-,39-,42?,43?,44?,45?,46-,47+/m1/s1. The molecule has 1 saturated carbocycles. The summed E-state index contributed by atoms with van der Waals surface area (Å²) >= 11 is 0. The van der Waals surface area contributed by atoms with Crippen molar-refractivity contribution in [3.8, 4) is 0 Å². The van der Waals surface area contributed by atoms with E-state index in [1.165, 1.54) is 63.9 Å². The number of ether oxygens (including phenoxy) is 2. The first-order chi connectivity index (χ1) is 32.3. The van der Waals surface area contributed by atoms with E-state index in [9.17, 15) is 69.1 Å². The van der Waals surface area contributed by atoms with Crippen LogP contribution < -0.4 is 0 Å². The summed E-state index contributed by atoms with van der Waals surface area (Å²) in [5, 5.41) is 71.8. The molecule has 0 spiro atoms. The highest BCUT2D eigenvalue weighted by Gasteiger charge is 2.54. The number of hydrogen-bond donors (Lipinski definition) is 10. The Kier molecular flexibility index (Phi) is 35.3. The Morgan fingerprint density at radius 2 is 1.00 bits per heavy atom. The summed E-state index contributed by atoms with van der Waals surface area (Å²) in [4.78, 5) is 54.3. The van der Waals surface area contributed by atoms with Crippen LogP contribution in [0, 0.1) is 0 Å². The van der Waals surface area contributed by atoms with Crippen LogP contribution in [0.2, 0.25) is 0 Å². The van der Waals surface area contributed by atoms with Gasteiger partial charge in [0, 0.05) is 12.8 Å². The number of hydrogen-bond acceptors (Lipinski definition) is 16. The van der Waals surface area contributed by atoms with Crippen molar-refractivity contribution in [3.63, 3.8) is 0 Å². The summed E-state index contributed by atoms with van der Waals surface area (Å²) in [5.41, 5.74) is 0. The summed E-state index contributed by atoms with van der Waals surface area (Å²) in [7, 11) is -10.8. The highest BCUT2D eigenvalue weighted by atomic mass is 31.2. The van der Waals surface area contributed by atoms with Gasteiger partial charge in [-0.25, -0.2) is 9.13 Å². The fourth-order valence-corrected chi connectivity index (χ4v) is 8.83. The smallest absolute Gasteiger partial charge is 0.462 e. The number of aliphatic hydroxyl groups is 7. The van der Waals surface area contributed by atoms with Crippen molar-refractivity contribution in [1.82, 2.24) is 0 Å². The van der Waals surface area contributed by atoms with E-state index in [1.807, 2.05) is 0 Å². The van der Waals surface area contributed by atoms with Gasteiger partial charge in [-0.1, -0.05) is 172 Å². The van der Waals surface area contributed by atoms with Crippen LogP contribution in [0.5, 0.6) is 0 Å². The minimum Gasteiger partial charge on any atom is -0.462 e. The average Bonchev–Trinajstić information content (AvgIpc) is 3.28. The lowest BCUT2D eigenvalue weighted by Gasteiger charge is -2.43. The Labute approximate surface area is 403 Å². The number of phosphoric ester groups is 2. The molecule has 1 aliphatic rings. The Hall–Kier alpha value is -2.16. The molecule has 1 aliphatic carbocycles. The van der Waals surface area contributed by atoms with E-state index in [2.05, 4.69) is 18.4 Å². The molecule has 1 fully saturated rings. The molecule has 0 bridgehead atoms. The molecular weight excluding hydrogens is 930 g/mol. The maximum atomic E-state index is 13.0. The highest BCUT2D eigenvalue weighted by molar-refractivity contribution is 7.47. The van der Waals surface area contributed by atoms with Crippen LogP contribution in [0.15, 0.2) is 48.6 Å². The zero-order valence-electron chi connectivity index (χ0n) is 40.1. The molecule has 0 amide bonds. The van der Waals surface area contributed by atoms with Gasteiger partial charge in [0.1, 0.15) is 43.2 Å². The highest BCUT2D eigenvalue weighted by Crippen LogP contribution is 2.49. The van der Waals surface area contributed by atoms with Crippen molar-refractivity contribution in [2.45, 2.75) is 223 Å². The van der Waals surface area contributed by atoms with Gasteiger partial charge < -0.3 is 59.9 Å². The number of carbonyl (C=O) groups excluding carboxylic acids is 2.